The molecule has 1 amide bonds. The summed E-state index contributed by atoms with van der Waals surface area (Å²) in [4.78, 5) is 26.2. The summed E-state index contributed by atoms with van der Waals surface area (Å²) in [6.45, 7) is 4.73. The van der Waals surface area contributed by atoms with E-state index in [2.05, 4.69) is 19.2 Å². The van der Waals surface area contributed by atoms with E-state index in [0.717, 1.165) is 25.7 Å². The van der Waals surface area contributed by atoms with Gasteiger partial charge in [0.05, 0.1) is 6.54 Å². The molecule has 0 bridgehead atoms. The summed E-state index contributed by atoms with van der Waals surface area (Å²) in [6.07, 6.45) is 8.68. The molecule has 2 N–H and O–H groups in total. The second-order valence-corrected chi connectivity index (χ2v) is 8.32. The van der Waals surface area contributed by atoms with Crippen LogP contribution in [0, 0.1) is 17.8 Å². The van der Waals surface area contributed by atoms with Crippen LogP contribution >= 0.6 is 0 Å². The Bertz CT molecular complexity index is 481. The van der Waals surface area contributed by atoms with E-state index in [1.165, 1.54) is 19.3 Å². The lowest BCUT2D eigenvalue weighted by Crippen LogP contribution is -2.51. The first kappa shape index (κ1) is 17.7. The van der Waals surface area contributed by atoms with Gasteiger partial charge < -0.3 is 10.4 Å². The maximum absolute atomic E-state index is 12.6. The predicted octanol–water partition coefficient (Wildman–Crippen LogP) is 2.65. The topological polar surface area (TPSA) is 69.6 Å². The minimum Gasteiger partial charge on any atom is -0.480 e. The van der Waals surface area contributed by atoms with Crippen LogP contribution in [0.5, 0.6) is 0 Å². The summed E-state index contributed by atoms with van der Waals surface area (Å²) in [5, 5.41) is 12.8. The summed E-state index contributed by atoms with van der Waals surface area (Å²) < 4.78 is 0. The molecule has 3 fully saturated rings. The third-order valence-electron chi connectivity index (χ3n) is 6.89. The Hall–Kier alpha value is -1.10. The van der Waals surface area contributed by atoms with Gasteiger partial charge in [-0.05, 0) is 43.4 Å². The van der Waals surface area contributed by atoms with Gasteiger partial charge in [-0.25, -0.2) is 0 Å². The quantitative estimate of drug-likeness (QED) is 0.828. The van der Waals surface area contributed by atoms with E-state index in [0.29, 0.717) is 24.2 Å². The number of carboxylic acids is 1. The molecule has 3 aliphatic rings. The Labute approximate surface area is 145 Å². The molecule has 0 spiro atoms. The molecule has 136 valence electrons. The number of fused-ring (bicyclic) bond motifs is 1. The van der Waals surface area contributed by atoms with Crippen LogP contribution in [-0.4, -0.2) is 46.6 Å². The summed E-state index contributed by atoms with van der Waals surface area (Å²) in [7, 11) is 0. The largest absolute Gasteiger partial charge is 0.480 e. The third-order valence-corrected chi connectivity index (χ3v) is 6.89. The molecule has 3 rings (SSSR count). The molecule has 5 heteroatoms. The SMILES string of the molecule is CC1CCCC(NC(=O)CN2C(C(=O)O)CC3CCCCC32)C1C. The predicted molar refractivity (Wildman–Crippen MR) is 92.6 cm³/mol. The highest BCUT2D eigenvalue weighted by Gasteiger charge is 2.45. The average molecular weight is 336 g/mol. The van der Waals surface area contributed by atoms with Crippen molar-refractivity contribution in [2.75, 3.05) is 6.54 Å². The Balaban J connectivity index is 1.62. The van der Waals surface area contributed by atoms with Crippen LogP contribution in [0.2, 0.25) is 0 Å². The molecule has 1 aliphatic heterocycles. The number of nitrogens with zero attached hydrogens (tertiary/aromatic N) is 1. The van der Waals surface area contributed by atoms with Crippen molar-refractivity contribution >= 4 is 11.9 Å². The molecular weight excluding hydrogens is 304 g/mol. The summed E-state index contributed by atoms with van der Waals surface area (Å²) in [5.41, 5.74) is 0. The molecule has 2 aliphatic carbocycles. The normalized spacial score (nSPS) is 40.1. The van der Waals surface area contributed by atoms with Gasteiger partial charge in [0.15, 0.2) is 0 Å². The molecule has 24 heavy (non-hydrogen) atoms. The number of amides is 1. The smallest absolute Gasteiger partial charge is 0.320 e. The van der Waals surface area contributed by atoms with Crippen LogP contribution in [0.3, 0.4) is 0 Å². The summed E-state index contributed by atoms with van der Waals surface area (Å²) in [6, 6.07) is 0.0501. The van der Waals surface area contributed by atoms with E-state index in [4.69, 9.17) is 0 Å². The number of nitrogens with one attached hydrogen (secondary N) is 1. The van der Waals surface area contributed by atoms with Gasteiger partial charge in [-0.15, -0.1) is 0 Å². The maximum atomic E-state index is 12.6. The van der Waals surface area contributed by atoms with Gasteiger partial charge in [-0.1, -0.05) is 39.5 Å². The number of carbonyl (C=O) groups excluding carboxylic acids is 1. The summed E-state index contributed by atoms with van der Waals surface area (Å²) in [5.74, 6) is 0.848. The van der Waals surface area contributed by atoms with Gasteiger partial charge in [0.25, 0.3) is 0 Å². The molecule has 2 saturated carbocycles. The van der Waals surface area contributed by atoms with Crippen LogP contribution < -0.4 is 5.32 Å². The minimum absolute atomic E-state index is 0.0124. The van der Waals surface area contributed by atoms with E-state index in [-0.39, 0.29) is 24.5 Å². The monoisotopic (exact) mass is 336 g/mol. The van der Waals surface area contributed by atoms with Crippen molar-refractivity contribution in [3.8, 4) is 0 Å². The van der Waals surface area contributed by atoms with E-state index in [1.54, 1.807) is 0 Å². The zero-order chi connectivity index (χ0) is 17.3. The number of aliphatic carboxylic acids is 1. The van der Waals surface area contributed by atoms with Crippen LogP contribution in [0.1, 0.15) is 65.2 Å². The molecule has 6 atom stereocenters. The molecule has 6 unspecified atom stereocenters. The Morgan fingerprint density at radius 3 is 2.58 bits per heavy atom. The van der Waals surface area contributed by atoms with Crippen LogP contribution in [0.25, 0.3) is 0 Å². The first-order chi connectivity index (χ1) is 11.5. The van der Waals surface area contributed by atoms with Crippen molar-refractivity contribution in [2.24, 2.45) is 17.8 Å². The fraction of sp³-hybridized carbons (Fsp3) is 0.895. The molecule has 0 aromatic heterocycles. The minimum atomic E-state index is -0.767. The van der Waals surface area contributed by atoms with E-state index in [1.807, 2.05) is 4.90 Å². The number of carbonyl (C=O) groups is 2. The van der Waals surface area contributed by atoms with E-state index >= 15 is 0 Å². The van der Waals surface area contributed by atoms with Gasteiger partial charge in [-0.3, -0.25) is 14.5 Å². The maximum Gasteiger partial charge on any atom is 0.320 e. The van der Waals surface area contributed by atoms with Crippen molar-refractivity contribution in [3.05, 3.63) is 0 Å². The molecule has 0 radical (unpaired) electrons. The number of likely N-dealkylation sites (tertiary alicyclic amines) is 1. The highest BCUT2D eigenvalue weighted by molar-refractivity contribution is 5.80. The van der Waals surface area contributed by atoms with Gasteiger partial charge in [-0.2, -0.15) is 0 Å². The fourth-order valence-electron chi connectivity index (χ4n) is 5.23. The number of rotatable bonds is 4. The zero-order valence-corrected chi connectivity index (χ0v) is 15.0. The van der Waals surface area contributed by atoms with Crippen molar-refractivity contribution in [2.45, 2.75) is 83.3 Å². The first-order valence-corrected chi connectivity index (χ1v) is 9.75. The van der Waals surface area contributed by atoms with E-state index in [9.17, 15) is 14.7 Å². The Morgan fingerprint density at radius 1 is 1.08 bits per heavy atom. The number of hydrogen-bond donors (Lipinski definition) is 2. The summed E-state index contributed by atoms with van der Waals surface area (Å²) >= 11 is 0. The van der Waals surface area contributed by atoms with Crippen LogP contribution in [0.15, 0.2) is 0 Å². The highest BCUT2D eigenvalue weighted by atomic mass is 16.4. The third kappa shape index (κ3) is 3.61. The van der Waals surface area contributed by atoms with Crippen LogP contribution in [-0.2, 0) is 9.59 Å². The molecule has 0 aromatic rings. The second kappa shape index (κ2) is 7.42. The second-order valence-electron chi connectivity index (χ2n) is 8.32. The van der Waals surface area contributed by atoms with Crippen LogP contribution in [0.4, 0.5) is 0 Å². The molecule has 5 nitrogen and oxygen atoms in total. The lowest BCUT2D eigenvalue weighted by molar-refractivity contribution is -0.143. The lowest BCUT2D eigenvalue weighted by atomic mass is 9.78. The van der Waals surface area contributed by atoms with Crippen molar-refractivity contribution in [3.63, 3.8) is 0 Å². The highest BCUT2D eigenvalue weighted by Crippen LogP contribution is 2.39. The zero-order valence-electron chi connectivity index (χ0n) is 15.0. The average Bonchev–Trinajstić information content (AvgIpc) is 2.91. The van der Waals surface area contributed by atoms with Gasteiger partial charge in [0, 0.05) is 12.1 Å². The molecule has 1 heterocycles. The van der Waals surface area contributed by atoms with Gasteiger partial charge in [0.2, 0.25) is 5.91 Å². The van der Waals surface area contributed by atoms with E-state index < -0.39 is 12.0 Å². The Morgan fingerprint density at radius 2 is 1.83 bits per heavy atom. The fourth-order valence-corrected chi connectivity index (χ4v) is 5.23. The van der Waals surface area contributed by atoms with Crippen molar-refractivity contribution in [1.82, 2.24) is 10.2 Å². The Kier molecular flexibility index (Phi) is 5.48. The van der Waals surface area contributed by atoms with Crippen molar-refractivity contribution < 1.29 is 14.7 Å². The number of hydrogen-bond acceptors (Lipinski definition) is 3. The number of carboxylic acid groups (broad SMARTS) is 1. The molecule has 0 aromatic carbocycles. The van der Waals surface area contributed by atoms with Gasteiger partial charge >= 0.3 is 5.97 Å². The van der Waals surface area contributed by atoms with Crippen molar-refractivity contribution in [1.29, 1.82) is 0 Å². The molecule has 1 saturated heterocycles. The standard InChI is InChI=1S/C19H32N2O3/c1-12-6-5-8-15(13(12)2)20-18(22)11-21-16-9-4-3-7-14(16)10-17(21)19(23)24/h12-17H,3-11H2,1-2H3,(H,20,22)(H,23,24). The lowest BCUT2D eigenvalue weighted by Gasteiger charge is -2.36. The first-order valence-electron chi connectivity index (χ1n) is 9.75. The van der Waals surface area contributed by atoms with Gasteiger partial charge in [0.1, 0.15) is 6.04 Å². The molecular formula is C19H32N2O3.